The van der Waals surface area contributed by atoms with Gasteiger partial charge in [0.1, 0.15) is 0 Å². The lowest BCUT2D eigenvalue weighted by molar-refractivity contribution is 0.270. The lowest BCUT2D eigenvalue weighted by Gasteiger charge is -2.19. The molecule has 1 rings (SSSR count). The van der Waals surface area contributed by atoms with Crippen molar-refractivity contribution in [2.75, 3.05) is 26.7 Å². The lowest BCUT2D eigenvalue weighted by Crippen LogP contribution is -2.24. The molecule has 1 unspecified atom stereocenters. The van der Waals surface area contributed by atoms with Crippen LogP contribution in [0.4, 0.5) is 0 Å². The second-order valence-corrected chi connectivity index (χ2v) is 5.40. The van der Waals surface area contributed by atoms with E-state index in [1.807, 2.05) is 0 Å². The molecular weight excluding hydrogens is 236 g/mol. The van der Waals surface area contributed by atoms with Crippen LogP contribution in [-0.4, -0.2) is 36.8 Å². The molecule has 0 bridgehead atoms. The SMILES string of the molecule is Cc1cccc(C(N)CCN(C)CCCCCO)c1. The quantitative estimate of drug-likeness (QED) is 0.674. The van der Waals surface area contributed by atoms with Gasteiger partial charge in [-0.1, -0.05) is 29.8 Å². The first kappa shape index (κ1) is 16.2. The monoisotopic (exact) mass is 264 g/mol. The molecule has 0 heterocycles. The summed E-state index contributed by atoms with van der Waals surface area (Å²) in [6.07, 6.45) is 4.15. The summed E-state index contributed by atoms with van der Waals surface area (Å²) in [5.41, 5.74) is 8.73. The average molecular weight is 264 g/mol. The Labute approximate surface area is 117 Å². The maximum Gasteiger partial charge on any atom is 0.0431 e. The van der Waals surface area contributed by atoms with E-state index >= 15 is 0 Å². The van der Waals surface area contributed by atoms with Crippen LogP contribution < -0.4 is 5.73 Å². The molecule has 0 amide bonds. The predicted molar refractivity (Wildman–Crippen MR) is 81.2 cm³/mol. The van der Waals surface area contributed by atoms with Gasteiger partial charge in [-0.25, -0.2) is 0 Å². The third-order valence-electron chi connectivity index (χ3n) is 3.49. The van der Waals surface area contributed by atoms with Crippen molar-refractivity contribution in [1.82, 2.24) is 4.90 Å². The number of hydrogen-bond acceptors (Lipinski definition) is 3. The first-order valence-electron chi connectivity index (χ1n) is 7.25. The van der Waals surface area contributed by atoms with Gasteiger partial charge in [0.15, 0.2) is 0 Å². The first-order chi connectivity index (χ1) is 9.13. The van der Waals surface area contributed by atoms with Crippen LogP contribution in [0, 0.1) is 6.92 Å². The molecule has 0 aromatic heterocycles. The van der Waals surface area contributed by atoms with Gasteiger partial charge in [-0.2, -0.15) is 0 Å². The molecule has 3 nitrogen and oxygen atoms in total. The van der Waals surface area contributed by atoms with E-state index in [1.165, 1.54) is 11.1 Å². The molecule has 1 aromatic rings. The molecule has 0 aliphatic carbocycles. The van der Waals surface area contributed by atoms with Gasteiger partial charge in [0.05, 0.1) is 0 Å². The molecule has 0 saturated heterocycles. The van der Waals surface area contributed by atoms with Gasteiger partial charge < -0.3 is 15.7 Å². The molecule has 108 valence electrons. The van der Waals surface area contributed by atoms with E-state index in [2.05, 4.69) is 43.1 Å². The smallest absolute Gasteiger partial charge is 0.0431 e. The van der Waals surface area contributed by atoms with Crippen LogP contribution >= 0.6 is 0 Å². The zero-order valence-electron chi connectivity index (χ0n) is 12.3. The number of rotatable bonds is 9. The Balaban J connectivity index is 2.24. The molecule has 0 radical (unpaired) electrons. The number of nitrogens with two attached hydrogens (primary N) is 1. The average Bonchev–Trinajstić information content (AvgIpc) is 2.41. The normalized spacial score (nSPS) is 12.9. The van der Waals surface area contributed by atoms with E-state index in [0.717, 1.165) is 38.8 Å². The van der Waals surface area contributed by atoms with Gasteiger partial charge in [0, 0.05) is 12.6 Å². The zero-order valence-corrected chi connectivity index (χ0v) is 12.3. The summed E-state index contributed by atoms with van der Waals surface area (Å²) in [4.78, 5) is 2.33. The number of benzene rings is 1. The molecule has 0 aliphatic heterocycles. The van der Waals surface area contributed by atoms with E-state index in [0.29, 0.717) is 6.61 Å². The summed E-state index contributed by atoms with van der Waals surface area (Å²) >= 11 is 0. The zero-order chi connectivity index (χ0) is 14.1. The first-order valence-corrected chi connectivity index (χ1v) is 7.25. The minimum atomic E-state index is 0.125. The number of aliphatic hydroxyl groups is 1. The largest absolute Gasteiger partial charge is 0.396 e. The molecule has 1 aromatic carbocycles. The molecule has 0 aliphatic rings. The van der Waals surface area contributed by atoms with Crippen molar-refractivity contribution < 1.29 is 5.11 Å². The second kappa shape index (κ2) is 9.08. The molecular formula is C16H28N2O. The van der Waals surface area contributed by atoms with Crippen molar-refractivity contribution in [3.63, 3.8) is 0 Å². The van der Waals surface area contributed by atoms with Crippen LogP contribution in [0.5, 0.6) is 0 Å². The summed E-state index contributed by atoms with van der Waals surface area (Å²) in [5, 5.41) is 8.73. The third-order valence-corrected chi connectivity index (χ3v) is 3.49. The number of aryl methyl sites for hydroxylation is 1. The molecule has 3 heteroatoms. The molecule has 3 N–H and O–H groups in total. The van der Waals surface area contributed by atoms with Gasteiger partial charge >= 0.3 is 0 Å². The van der Waals surface area contributed by atoms with Crippen LogP contribution in [0.25, 0.3) is 0 Å². The Kier molecular flexibility index (Phi) is 7.72. The van der Waals surface area contributed by atoms with Gasteiger partial charge in [-0.15, -0.1) is 0 Å². The number of unbranched alkanes of at least 4 members (excludes halogenated alkanes) is 2. The van der Waals surface area contributed by atoms with Gasteiger partial charge in [0.25, 0.3) is 0 Å². The van der Waals surface area contributed by atoms with Crippen molar-refractivity contribution in [3.8, 4) is 0 Å². The standard InChI is InChI=1S/C16H28N2O/c1-14-7-6-8-15(13-14)16(17)9-11-18(2)10-4-3-5-12-19/h6-8,13,16,19H,3-5,9-12,17H2,1-2H3. The van der Waals surface area contributed by atoms with Crippen molar-refractivity contribution >= 4 is 0 Å². The van der Waals surface area contributed by atoms with Crippen LogP contribution in [0.3, 0.4) is 0 Å². The Bertz CT molecular complexity index is 354. The Morgan fingerprint density at radius 2 is 2.00 bits per heavy atom. The number of aliphatic hydroxyl groups excluding tert-OH is 1. The molecule has 0 spiro atoms. The fourth-order valence-electron chi connectivity index (χ4n) is 2.21. The second-order valence-electron chi connectivity index (χ2n) is 5.40. The Hall–Kier alpha value is -0.900. The van der Waals surface area contributed by atoms with E-state index in [-0.39, 0.29) is 6.04 Å². The fraction of sp³-hybridized carbons (Fsp3) is 0.625. The van der Waals surface area contributed by atoms with Crippen LogP contribution in [-0.2, 0) is 0 Å². The van der Waals surface area contributed by atoms with Crippen molar-refractivity contribution in [1.29, 1.82) is 0 Å². The summed E-state index contributed by atoms with van der Waals surface area (Å²) in [6.45, 7) is 4.51. The molecule has 19 heavy (non-hydrogen) atoms. The lowest BCUT2D eigenvalue weighted by atomic mass is 10.0. The summed E-state index contributed by atoms with van der Waals surface area (Å²) in [6, 6.07) is 8.58. The van der Waals surface area contributed by atoms with E-state index in [4.69, 9.17) is 10.8 Å². The van der Waals surface area contributed by atoms with Crippen LogP contribution in [0.1, 0.15) is 42.9 Å². The maximum atomic E-state index is 8.73. The van der Waals surface area contributed by atoms with Crippen LogP contribution in [0.2, 0.25) is 0 Å². The minimum Gasteiger partial charge on any atom is -0.396 e. The van der Waals surface area contributed by atoms with Crippen molar-refractivity contribution in [2.45, 2.75) is 38.6 Å². The topological polar surface area (TPSA) is 49.5 Å². The Morgan fingerprint density at radius 3 is 2.68 bits per heavy atom. The van der Waals surface area contributed by atoms with E-state index in [9.17, 15) is 0 Å². The summed E-state index contributed by atoms with van der Waals surface area (Å²) < 4.78 is 0. The fourth-order valence-corrected chi connectivity index (χ4v) is 2.21. The van der Waals surface area contributed by atoms with Gasteiger partial charge in [-0.05, 0) is 58.3 Å². The molecule has 0 saturated carbocycles. The van der Waals surface area contributed by atoms with Crippen molar-refractivity contribution in [3.05, 3.63) is 35.4 Å². The highest BCUT2D eigenvalue weighted by Gasteiger charge is 2.07. The highest BCUT2D eigenvalue weighted by molar-refractivity contribution is 5.24. The predicted octanol–water partition coefficient (Wildman–Crippen LogP) is 2.48. The summed E-state index contributed by atoms with van der Waals surface area (Å²) in [7, 11) is 2.14. The Morgan fingerprint density at radius 1 is 1.21 bits per heavy atom. The minimum absolute atomic E-state index is 0.125. The van der Waals surface area contributed by atoms with Gasteiger partial charge in [0.2, 0.25) is 0 Å². The number of nitrogens with zero attached hydrogens (tertiary/aromatic N) is 1. The highest BCUT2D eigenvalue weighted by atomic mass is 16.2. The van der Waals surface area contributed by atoms with Crippen molar-refractivity contribution in [2.24, 2.45) is 5.73 Å². The highest BCUT2D eigenvalue weighted by Crippen LogP contribution is 2.15. The molecule has 0 fully saturated rings. The molecule has 1 atom stereocenters. The van der Waals surface area contributed by atoms with Gasteiger partial charge in [-0.3, -0.25) is 0 Å². The summed E-state index contributed by atoms with van der Waals surface area (Å²) in [5.74, 6) is 0. The van der Waals surface area contributed by atoms with E-state index < -0.39 is 0 Å². The van der Waals surface area contributed by atoms with E-state index in [1.54, 1.807) is 0 Å². The third kappa shape index (κ3) is 6.71. The number of hydrogen-bond donors (Lipinski definition) is 2. The maximum absolute atomic E-state index is 8.73. The van der Waals surface area contributed by atoms with Crippen LogP contribution in [0.15, 0.2) is 24.3 Å².